The Balaban J connectivity index is 1.57. The van der Waals surface area contributed by atoms with Crippen LogP contribution in [0, 0.1) is 12.7 Å². The van der Waals surface area contributed by atoms with E-state index in [-0.39, 0.29) is 11.4 Å². The standard InChI is InChI=1S/C19H23FN4O2S/c1-13-10-16(20)2-3-18(13)27(25,26)24-9-6-17-15(12-24)11-22-19(23-17)14-4-7-21-8-5-14/h2-3,10-11,14,21H,4-9,12H2,1H3. The Hall–Kier alpha value is -1.90. The molecule has 0 atom stereocenters. The van der Waals surface area contributed by atoms with Gasteiger partial charge in [0.1, 0.15) is 11.6 Å². The van der Waals surface area contributed by atoms with Crippen LogP contribution in [0.5, 0.6) is 0 Å². The fourth-order valence-electron chi connectivity index (χ4n) is 3.83. The number of hydrogen-bond donors (Lipinski definition) is 1. The van der Waals surface area contributed by atoms with Crippen LogP contribution in [0.25, 0.3) is 0 Å². The van der Waals surface area contributed by atoms with Gasteiger partial charge in [0, 0.05) is 42.9 Å². The third-order valence-electron chi connectivity index (χ3n) is 5.38. The van der Waals surface area contributed by atoms with Crippen LogP contribution in [0.15, 0.2) is 29.3 Å². The molecule has 1 N–H and O–H groups in total. The average molecular weight is 390 g/mol. The summed E-state index contributed by atoms with van der Waals surface area (Å²) in [6.45, 7) is 4.19. The van der Waals surface area contributed by atoms with E-state index >= 15 is 0 Å². The summed E-state index contributed by atoms with van der Waals surface area (Å²) >= 11 is 0. The van der Waals surface area contributed by atoms with Gasteiger partial charge in [0.2, 0.25) is 10.0 Å². The van der Waals surface area contributed by atoms with E-state index in [1.165, 1.54) is 22.5 Å². The minimum absolute atomic E-state index is 0.152. The molecule has 3 heterocycles. The molecule has 27 heavy (non-hydrogen) atoms. The van der Waals surface area contributed by atoms with Gasteiger partial charge in [0.05, 0.1) is 4.90 Å². The highest BCUT2D eigenvalue weighted by Crippen LogP contribution is 2.28. The van der Waals surface area contributed by atoms with Crippen molar-refractivity contribution in [3.05, 3.63) is 52.9 Å². The highest BCUT2D eigenvalue weighted by atomic mass is 32.2. The summed E-state index contributed by atoms with van der Waals surface area (Å²) < 4.78 is 40.8. The van der Waals surface area contributed by atoms with Gasteiger partial charge in [-0.1, -0.05) is 0 Å². The van der Waals surface area contributed by atoms with E-state index in [1.54, 1.807) is 13.1 Å². The van der Waals surface area contributed by atoms with Gasteiger partial charge in [-0.25, -0.2) is 22.8 Å². The van der Waals surface area contributed by atoms with Crippen LogP contribution >= 0.6 is 0 Å². The van der Waals surface area contributed by atoms with E-state index in [2.05, 4.69) is 10.3 Å². The van der Waals surface area contributed by atoms with Crippen molar-refractivity contribution in [1.29, 1.82) is 0 Å². The summed E-state index contributed by atoms with van der Waals surface area (Å²) in [5, 5.41) is 3.34. The first-order valence-corrected chi connectivity index (χ1v) is 10.7. The Bertz CT molecular complexity index is 958. The van der Waals surface area contributed by atoms with E-state index < -0.39 is 15.8 Å². The SMILES string of the molecule is Cc1cc(F)ccc1S(=O)(=O)N1CCc2nc(C3CCNCC3)ncc2C1. The van der Waals surface area contributed by atoms with Crippen LogP contribution in [0.4, 0.5) is 4.39 Å². The number of aromatic nitrogens is 2. The van der Waals surface area contributed by atoms with Crippen molar-refractivity contribution >= 4 is 10.0 Å². The van der Waals surface area contributed by atoms with Gasteiger partial charge in [0.15, 0.2) is 0 Å². The maximum absolute atomic E-state index is 13.3. The Morgan fingerprint density at radius 2 is 2.04 bits per heavy atom. The third-order valence-corrected chi connectivity index (χ3v) is 7.38. The fraction of sp³-hybridized carbons (Fsp3) is 0.474. The first-order chi connectivity index (χ1) is 12.9. The van der Waals surface area contributed by atoms with E-state index in [9.17, 15) is 12.8 Å². The molecule has 2 aromatic rings. The Morgan fingerprint density at radius 1 is 1.26 bits per heavy atom. The topological polar surface area (TPSA) is 75.2 Å². The molecular weight excluding hydrogens is 367 g/mol. The molecular formula is C19H23FN4O2S. The van der Waals surface area contributed by atoms with Crippen LogP contribution < -0.4 is 5.32 Å². The lowest BCUT2D eigenvalue weighted by atomic mass is 9.96. The van der Waals surface area contributed by atoms with Crippen LogP contribution in [0.3, 0.4) is 0 Å². The van der Waals surface area contributed by atoms with Crippen LogP contribution in [-0.4, -0.2) is 42.3 Å². The average Bonchev–Trinajstić information content (AvgIpc) is 2.67. The molecule has 2 aliphatic rings. The van der Waals surface area contributed by atoms with E-state index in [0.29, 0.717) is 24.4 Å². The fourth-order valence-corrected chi connectivity index (χ4v) is 5.45. The van der Waals surface area contributed by atoms with Gasteiger partial charge in [0.25, 0.3) is 0 Å². The smallest absolute Gasteiger partial charge is 0.243 e. The predicted octanol–water partition coefficient (Wildman–Crippen LogP) is 2.14. The van der Waals surface area contributed by atoms with Crippen molar-refractivity contribution in [2.24, 2.45) is 0 Å². The van der Waals surface area contributed by atoms with E-state index in [1.807, 2.05) is 0 Å². The second kappa shape index (κ2) is 7.26. The number of nitrogens with one attached hydrogen (secondary N) is 1. The van der Waals surface area contributed by atoms with Crippen LogP contribution in [0.1, 0.15) is 41.4 Å². The molecule has 0 radical (unpaired) electrons. The number of nitrogens with zero attached hydrogens (tertiary/aromatic N) is 3. The third kappa shape index (κ3) is 3.61. The van der Waals surface area contributed by atoms with Crippen LogP contribution in [0.2, 0.25) is 0 Å². The Labute approximate surface area is 158 Å². The molecule has 6 nitrogen and oxygen atoms in total. The molecule has 1 aromatic heterocycles. The maximum atomic E-state index is 13.3. The summed E-state index contributed by atoms with van der Waals surface area (Å²) in [4.78, 5) is 9.42. The highest BCUT2D eigenvalue weighted by Gasteiger charge is 2.31. The number of piperidine rings is 1. The minimum atomic E-state index is -3.68. The molecule has 4 rings (SSSR count). The zero-order valence-electron chi connectivity index (χ0n) is 15.3. The largest absolute Gasteiger partial charge is 0.317 e. The number of benzene rings is 1. The van der Waals surface area contributed by atoms with E-state index in [4.69, 9.17) is 4.98 Å². The first kappa shape index (κ1) is 18.5. The number of fused-ring (bicyclic) bond motifs is 1. The molecule has 1 aromatic carbocycles. The molecule has 144 valence electrons. The van der Waals surface area contributed by atoms with Gasteiger partial charge in [-0.2, -0.15) is 4.31 Å². The molecule has 0 unspecified atom stereocenters. The molecule has 1 saturated heterocycles. The molecule has 0 spiro atoms. The van der Waals surface area contributed by atoms with Crippen LogP contribution in [-0.2, 0) is 23.0 Å². The van der Waals surface area contributed by atoms with E-state index in [0.717, 1.165) is 43.0 Å². The van der Waals surface area contributed by atoms with Crippen molar-refractivity contribution in [2.75, 3.05) is 19.6 Å². The number of halogens is 1. The normalized spacial score (nSPS) is 19.0. The predicted molar refractivity (Wildman–Crippen MR) is 99.3 cm³/mol. The maximum Gasteiger partial charge on any atom is 0.243 e. The quantitative estimate of drug-likeness (QED) is 0.869. The van der Waals surface area contributed by atoms with Gasteiger partial charge in [-0.3, -0.25) is 0 Å². The lowest BCUT2D eigenvalue weighted by Crippen LogP contribution is -2.37. The molecule has 2 aliphatic heterocycles. The molecule has 0 aliphatic carbocycles. The van der Waals surface area contributed by atoms with Crippen molar-refractivity contribution in [2.45, 2.75) is 43.5 Å². The minimum Gasteiger partial charge on any atom is -0.317 e. The number of hydrogen-bond acceptors (Lipinski definition) is 5. The molecule has 0 bridgehead atoms. The lowest BCUT2D eigenvalue weighted by Gasteiger charge is -2.29. The second-order valence-corrected chi connectivity index (χ2v) is 9.13. The van der Waals surface area contributed by atoms with Crippen molar-refractivity contribution in [1.82, 2.24) is 19.6 Å². The molecule has 0 amide bonds. The molecule has 8 heteroatoms. The second-order valence-electron chi connectivity index (χ2n) is 7.22. The van der Waals surface area contributed by atoms with Crippen molar-refractivity contribution < 1.29 is 12.8 Å². The zero-order chi connectivity index (χ0) is 19.0. The molecule has 0 saturated carbocycles. The summed E-state index contributed by atoms with van der Waals surface area (Å²) in [7, 11) is -3.68. The van der Waals surface area contributed by atoms with Gasteiger partial charge in [-0.05, 0) is 56.6 Å². The van der Waals surface area contributed by atoms with Gasteiger partial charge >= 0.3 is 0 Å². The monoisotopic (exact) mass is 390 g/mol. The number of sulfonamides is 1. The van der Waals surface area contributed by atoms with Crippen molar-refractivity contribution in [3.63, 3.8) is 0 Å². The van der Waals surface area contributed by atoms with Gasteiger partial charge < -0.3 is 5.32 Å². The number of rotatable bonds is 3. The summed E-state index contributed by atoms with van der Waals surface area (Å²) in [6, 6.07) is 3.78. The lowest BCUT2D eigenvalue weighted by molar-refractivity contribution is 0.382. The summed E-state index contributed by atoms with van der Waals surface area (Å²) in [6.07, 6.45) is 4.40. The summed E-state index contributed by atoms with van der Waals surface area (Å²) in [5.41, 5.74) is 2.21. The molecule has 1 fully saturated rings. The number of aryl methyl sites for hydroxylation is 1. The van der Waals surface area contributed by atoms with Crippen molar-refractivity contribution in [3.8, 4) is 0 Å². The Kier molecular flexibility index (Phi) is 4.96. The first-order valence-electron chi connectivity index (χ1n) is 9.27. The zero-order valence-corrected chi connectivity index (χ0v) is 16.1. The Morgan fingerprint density at radius 3 is 2.78 bits per heavy atom. The summed E-state index contributed by atoms with van der Waals surface area (Å²) in [5.74, 6) is 0.815. The highest BCUT2D eigenvalue weighted by molar-refractivity contribution is 7.89. The van der Waals surface area contributed by atoms with Gasteiger partial charge in [-0.15, -0.1) is 0 Å².